The van der Waals surface area contributed by atoms with Crippen LogP contribution in [0.25, 0.3) is 0 Å². The maximum atomic E-state index is 11.4. The van der Waals surface area contributed by atoms with Gasteiger partial charge in [0.15, 0.2) is 6.10 Å². The number of rotatable bonds is 2. The van der Waals surface area contributed by atoms with Crippen LogP contribution in [0.1, 0.15) is 11.1 Å². The van der Waals surface area contributed by atoms with Crippen LogP contribution in [-0.2, 0) is 22.4 Å². The summed E-state index contributed by atoms with van der Waals surface area (Å²) in [6.07, 6.45) is -0.629. The highest BCUT2D eigenvalue weighted by Gasteiger charge is 2.47. The minimum atomic E-state index is -1.40. The highest BCUT2D eigenvalue weighted by atomic mass is 16.5. The quantitative estimate of drug-likeness (QED) is 0.765. The van der Waals surface area contributed by atoms with E-state index in [4.69, 9.17) is 0 Å². The summed E-state index contributed by atoms with van der Waals surface area (Å²) in [5.74, 6) is -0.751. The van der Waals surface area contributed by atoms with Gasteiger partial charge in [-0.15, -0.1) is 0 Å². The summed E-state index contributed by atoms with van der Waals surface area (Å²) < 4.78 is 4.51. The number of esters is 1. The summed E-state index contributed by atoms with van der Waals surface area (Å²) in [7, 11) is 1.21. The monoisotopic (exact) mass is 231 g/mol. The van der Waals surface area contributed by atoms with Gasteiger partial charge in [0, 0.05) is 0 Å². The average molecular weight is 231 g/mol. The first kappa shape index (κ1) is 11.6. The van der Waals surface area contributed by atoms with E-state index in [1.807, 2.05) is 24.3 Å². The highest BCUT2D eigenvalue weighted by Crippen LogP contribution is 2.39. The zero-order valence-electron chi connectivity index (χ0n) is 9.51. The number of fused-ring (bicyclic) bond motifs is 1. The summed E-state index contributed by atoms with van der Waals surface area (Å²) in [6.45, 7) is 0. The van der Waals surface area contributed by atoms with Crippen molar-refractivity contribution < 1.29 is 14.6 Å². The summed E-state index contributed by atoms with van der Waals surface area (Å²) in [5.41, 5.74) is 0.936. The number of carbonyl (C=O) groups excluding carboxylic acids is 1. The largest absolute Gasteiger partial charge is 0.467 e. The minimum absolute atomic E-state index is 0.385. The number of hydrogen-bond acceptors (Lipinski definition) is 4. The first-order chi connectivity index (χ1) is 8.13. The predicted octanol–water partition coefficient (Wildman–Crippen LogP) is 0.829. The van der Waals surface area contributed by atoms with Gasteiger partial charge < -0.3 is 9.84 Å². The first-order valence-corrected chi connectivity index (χ1v) is 5.37. The van der Waals surface area contributed by atoms with Gasteiger partial charge in [-0.3, -0.25) is 0 Å². The molecule has 4 heteroatoms. The van der Waals surface area contributed by atoms with Crippen LogP contribution in [0, 0.1) is 16.7 Å². The van der Waals surface area contributed by atoms with E-state index >= 15 is 0 Å². The fourth-order valence-corrected chi connectivity index (χ4v) is 2.32. The number of aliphatic hydroxyl groups is 1. The fourth-order valence-electron chi connectivity index (χ4n) is 2.32. The Labute approximate surface area is 99.4 Å². The van der Waals surface area contributed by atoms with Gasteiger partial charge in [-0.2, -0.15) is 5.26 Å². The molecule has 0 bridgehead atoms. The van der Waals surface area contributed by atoms with Crippen LogP contribution >= 0.6 is 0 Å². The van der Waals surface area contributed by atoms with Crippen LogP contribution in [0.3, 0.4) is 0 Å². The summed E-state index contributed by atoms with van der Waals surface area (Å²) in [6, 6.07) is 9.69. The molecular formula is C13H13NO3. The van der Waals surface area contributed by atoms with E-state index in [1.54, 1.807) is 0 Å². The molecule has 0 fully saturated rings. The number of carbonyl (C=O) groups is 1. The number of nitrogens with zero attached hydrogens (tertiary/aromatic N) is 1. The third-order valence-electron chi connectivity index (χ3n) is 3.30. The topological polar surface area (TPSA) is 70.3 Å². The normalized spacial score (nSPS) is 17.9. The number of nitriles is 1. The zero-order valence-corrected chi connectivity index (χ0v) is 9.51. The molecule has 0 amide bonds. The lowest BCUT2D eigenvalue weighted by atomic mass is 9.80. The van der Waals surface area contributed by atoms with Crippen molar-refractivity contribution in [3.8, 4) is 6.07 Å². The van der Waals surface area contributed by atoms with Gasteiger partial charge in [0.1, 0.15) is 5.41 Å². The third kappa shape index (κ3) is 1.79. The van der Waals surface area contributed by atoms with E-state index in [2.05, 4.69) is 10.8 Å². The molecule has 0 saturated heterocycles. The Morgan fingerprint density at radius 2 is 2.00 bits per heavy atom. The van der Waals surface area contributed by atoms with E-state index in [1.165, 1.54) is 7.11 Å². The van der Waals surface area contributed by atoms with Crippen molar-refractivity contribution >= 4 is 5.97 Å². The predicted molar refractivity (Wildman–Crippen MR) is 59.9 cm³/mol. The summed E-state index contributed by atoms with van der Waals surface area (Å²) in [4.78, 5) is 11.4. The summed E-state index contributed by atoms with van der Waals surface area (Å²) >= 11 is 0. The van der Waals surface area contributed by atoms with Crippen molar-refractivity contribution in [2.45, 2.75) is 18.9 Å². The van der Waals surface area contributed by atoms with Crippen molar-refractivity contribution in [3.63, 3.8) is 0 Å². The van der Waals surface area contributed by atoms with Crippen molar-refractivity contribution in [1.29, 1.82) is 5.26 Å². The van der Waals surface area contributed by atoms with E-state index in [9.17, 15) is 15.2 Å². The van der Waals surface area contributed by atoms with Gasteiger partial charge >= 0.3 is 5.97 Å². The van der Waals surface area contributed by atoms with Crippen LogP contribution in [0.4, 0.5) is 0 Å². The molecule has 1 aliphatic carbocycles. The number of aliphatic hydroxyl groups excluding tert-OH is 1. The summed E-state index contributed by atoms with van der Waals surface area (Å²) in [5, 5.41) is 19.2. The van der Waals surface area contributed by atoms with Crippen molar-refractivity contribution in [1.82, 2.24) is 0 Å². The molecule has 1 unspecified atom stereocenters. The second-order valence-corrected chi connectivity index (χ2v) is 4.32. The molecule has 1 atom stereocenters. The SMILES string of the molecule is COC(=O)C(O)C1(C#N)Cc2ccccc2C1. The molecule has 1 aromatic carbocycles. The molecule has 1 N–H and O–H groups in total. The smallest absolute Gasteiger partial charge is 0.336 e. The zero-order chi connectivity index (χ0) is 12.5. The van der Waals surface area contributed by atoms with E-state index in [0.29, 0.717) is 12.8 Å². The van der Waals surface area contributed by atoms with E-state index < -0.39 is 17.5 Å². The van der Waals surface area contributed by atoms with Crippen LogP contribution in [0.2, 0.25) is 0 Å². The molecule has 0 saturated carbocycles. The molecule has 88 valence electrons. The Kier molecular flexibility index (Phi) is 2.86. The van der Waals surface area contributed by atoms with Gasteiger partial charge in [-0.1, -0.05) is 24.3 Å². The Morgan fingerprint density at radius 3 is 2.41 bits per heavy atom. The van der Waals surface area contributed by atoms with Crippen LogP contribution in [-0.4, -0.2) is 24.3 Å². The maximum Gasteiger partial charge on any atom is 0.336 e. The third-order valence-corrected chi connectivity index (χ3v) is 3.30. The van der Waals surface area contributed by atoms with Crippen LogP contribution in [0.5, 0.6) is 0 Å². The standard InChI is InChI=1S/C13H13NO3/c1-17-12(16)11(15)13(8-14)6-9-4-2-3-5-10(9)7-13/h2-5,11,15H,6-7H2,1H3. The highest BCUT2D eigenvalue weighted by molar-refractivity contribution is 5.76. The second kappa shape index (κ2) is 4.19. The Morgan fingerprint density at radius 1 is 1.47 bits per heavy atom. The second-order valence-electron chi connectivity index (χ2n) is 4.32. The molecular weight excluding hydrogens is 218 g/mol. The Hall–Kier alpha value is -1.86. The lowest BCUT2D eigenvalue weighted by molar-refractivity contribution is -0.155. The number of ether oxygens (including phenoxy) is 1. The molecule has 0 spiro atoms. The molecule has 0 aromatic heterocycles. The van der Waals surface area contributed by atoms with Gasteiger partial charge in [0.25, 0.3) is 0 Å². The minimum Gasteiger partial charge on any atom is -0.467 e. The molecule has 2 rings (SSSR count). The number of hydrogen-bond donors (Lipinski definition) is 1. The first-order valence-electron chi connectivity index (χ1n) is 5.37. The lowest BCUT2D eigenvalue weighted by Gasteiger charge is -2.24. The molecule has 0 radical (unpaired) electrons. The van der Waals surface area contributed by atoms with Crippen molar-refractivity contribution in [2.75, 3.05) is 7.11 Å². The fraction of sp³-hybridized carbons (Fsp3) is 0.385. The molecule has 0 aliphatic heterocycles. The van der Waals surface area contributed by atoms with Gasteiger partial charge in [-0.25, -0.2) is 4.79 Å². The molecule has 17 heavy (non-hydrogen) atoms. The van der Waals surface area contributed by atoms with Gasteiger partial charge in [0.05, 0.1) is 13.2 Å². The molecule has 1 aliphatic rings. The van der Waals surface area contributed by atoms with Gasteiger partial charge in [0.2, 0.25) is 0 Å². The molecule has 4 nitrogen and oxygen atoms in total. The molecule has 1 aromatic rings. The molecule has 0 heterocycles. The number of methoxy groups -OCH3 is 1. The van der Waals surface area contributed by atoms with E-state index in [-0.39, 0.29) is 0 Å². The number of benzene rings is 1. The van der Waals surface area contributed by atoms with Gasteiger partial charge in [-0.05, 0) is 24.0 Å². The lowest BCUT2D eigenvalue weighted by Crippen LogP contribution is -2.41. The maximum absolute atomic E-state index is 11.4. The van der Waals surface area contributed by atoms with Crippen molar-refractivity contribution in [2.24, 2.45) is 5.41 Å². The average Bonchev–Trinajstić information content (AvgIpc) is 2.76. The van der Waals surface area contributed by atoms with E-state index in [0.717, 1.165) is 11.1 Å². The van der Waals surface area contributed by atoms with Crippen LogP contribution < -0.4 is 0 Å². The Balaban J connectivity index is 2.33. The Bertz CT molecular complexity index is 465. The van der Waals surface area contributed by atoms with Crippen LogP contribution in [0.15, 0.2) is 24.3 Å². The van der Waals surface area contributed by atoms with Crippen molar-refractivity contribution in [3.05, 3.63) is 35.4 Å².